The summed E-state index contributed by atoms with van der Waals surface area (Å²) >= 11 is 3.07. The fourth-order valence-electron chi connectivity index (χ4n) is 2.77. The summed E-state index contributed by atoms with van der Waals surface area (Å²) in [5, 5.41) is 11.1. The maximum absolute atomic E-state index is 12.4. The van der Waals surface area contributed by atoms with E-state index in [9.17, 15) is 14.9 Å². The highest BCUT2D eigenvalue weighted by molar-refractivity contribution is 7.99. The zero-order chi connectivity index (χ0) is 20.8. The number of carbonyl (C=O) groups is 1. The van der Waals surface area contributed by atoms with Crippen LogP contribution in [-0.4, -0.2) is 21.2 Å². The molecule has 0 aliphatic rings. The summed E-state index contributed by atoms with van der Waals surface area (Å²) in [5.41, 5.74) is 1.93. The zero-order valence-electron chi connectivity index (χ0n) is 16.0. The molecule has 0 radical (unpaired) electrons. The number of benzene rings is 2. The number of aryl methyl sites for hydroxylation is 1. The average molecular weight is 428 g/mol. The first-order valence-corrected chi connectivity index (χ1v) is 10.9. The molecular formula is C21H21N3O3S2. The number of allylic oxidation sites excluding steroid dienone is 1. The Balaban J connectivity index is 1.71. The molecule has 3 rings (SSSR count). The normalized spacial score (nSPS) is 11.7. The van der Waals surface area contributed by atoms with Gasteiger partial charge in [-0.25, -0.2) is 0 Å². The number of nitro groups is 1. The zero-order valence-corrected chi connectivity index (χ0v) is 17.7. The maximum atomic E-state index is 12.4. The molecule has 1 aromatic heterocycles. The third-order valence-corrected chi connectivity index (χ3v) is 6.39. The Morgan fingerprint density at radius 1 is 1.31 bits per heavy atom. The summed E-state index contributed by atoms with van der Waals surface area (Å²) in [6.45, 7) is 6.22. The molecule has 0 N–H and O–H groups in total. The second-order valence-electron chi connectivity index (χ2n) is 6.46. The first kappa shape index (κ1) is 21.0. The second kappa shape index (κ2) is 9.67. The van der Waals surface area contributed by atoms with Crippen LogP contribution in [0, 0.1) is 17.0 Å². The number of nitrogens with zero attached hydrogens (tertiary/aromatic N) is 3. The number of rotatable bonds is 8. The smallest absolute Gasteiger partial charge is 0.271 e. The molecule has 0 fully saturated rings. The highest BCUT2D eigenvalue weighted by Crippen LogP contribution is 2.23. The molecule has 150 valence electrons. The third kappa shape index (κ3) is 5.42. The Kier molecular flexibility index (Phi) is 7.00. The van der Waals surface area contributed by atoms with E-state index in [-0.39, 0.29) is 11.6 Å². The molecule has 0 bridgehead atoms. The van der Waals surface area contributed by atoms with Gasteiger partial charge in [0.25, 0.3) is 5.69 Å². The van der Waals surface area contributed by atoms with Crippen LogP contribution in [0.4, 0.5) is 5.69 Å². The van der Waals surface area contributed by atoms with Crippen LogP contribution < -0.4 is 4.80 Å². The quantitative estimate of drug-likeness (QED) is 0.165. The van der Waals surface area contributed by atoms with E-state index in [1.54, 1.807) is 28.5 Å². The van der Waals surface area contributed by atoms with Crippen LogP contribution in [0.2, 0.25) is 0 Å². The maximum Gasteiger partial charge on any atom is 0.271 e. The Morgan fingerprint density at radius 2 is 2.07 bits per heavy atom. The van der Waals surface area contributed by atoms with E-state index in [4.69, 9.17) is 0 Å². The molecule has 0 saturated heterocycles. The molecule has 8 heteroatoms. The van der Waals surface area contributed by atoms with Crippen molar-refractivity contribution < 1.29 is 9.72 Å². The van der Waals surface area contributed by atoms with Crippen molar-refractivity contribution in [3.63, 3.8) is 0 Å². The van der Waals surface area contributed by atoms with Gasteiger partial charge in [0.05, 0.1) is 15.1 Å². The van der Waals surface area contributed by atoms with E-state index in [1.807, 2.05) is 0 Å². The van der Waals surface area contributed by atoms with Gasteiger partial charge in [0, 0.05) is 30.0 Å². The number of thioether (sulfide) groups is 1. The predicted molar refractivity (Wildman–Crippen MR) is 118 cm³/mol. The molecule has 1 heterocycles. The van der Waals surface area contributed by atoms with E-state index in [0.29, 0.717) is 23.3 Å². The predicted octanol–water partition coefficient (Wildman–Crippen LogP) is 5.11. The van der Waals surface area contributed by atoms with E-state index >= 15 is 0 Å². The van der Waals surface area contributed by atoms with Gasteiger partial charge < -0.3 is 4.57 Å². The lowest BCUT2D eigenvalue weighted by molar-refractivity contribution is -0.384. The molecule has 0 saturated carbocycles. The van der Waals surface area contributed by atoms with Crippen LogP contribution >= 0.6 is 23.1 Å². The molecule has 0 spiro atoms. The molecule has 1 amide bonds. The highest BCUT2D eigenvalue weighted by Gasteiger charge is 2.12. The van der Waals surface area contributed by atoms with Crippen LogP contribution in [-0.2, 0) is 11.3 Å². The SMILES string of the molecule is C=CCn1c(=NC(=O)CCCSc2ccc(C)cc2)sc2ccc([N+](=O)[O-])cc21. The van der Waals surface area contributed by atoms with Crippen molar-refractivity contribution in [2.75, 3.05) is 5.75 Å². The Labute approximate surface area is 176 Å². The van der Waals surface area contributed by atoms with Crippen LogP contribution in [0.5, 0.6) is 0 Å². The number of non-ortho nitro benzene ring substituents is 1. The summed E-state index contributed by atoms with van der Waals surface area (Å²) in [5.74, 6) is 0.656. The average Bonchev–Trinajstić information content (AvgIpc) is 3.03. The van der Waals surface area contributed by atoms with Crippen molar-refractivity contribution in [3.8, 4) is 0 Å². The van der Waals surface area contributed by atoms with Crippen molar-refractivity contribution in [2.24, 2.45) is 4.99 Å². The number of thiazole rings is 1. The van der Waals surface area contributed by atoms with Gasteiger partial charge in [-0.1, -0.05) is 35.1 Å². The van der Waals surface area contributed by atoms with Gasteiger partial charge in [-0.15, -0.1) is 18.3 Å². The molecule has 6 nitrogen and oxygen atoms in total. The largest absolute Gasteiger partial charge is 0.312 e. The van der Waals surface area contributed by atoms with Crippen LogP contribution in [0.3, 0.4) is 0 Å². The minimum Gasteiger partial charge on any atom is -0.312 e. The van der Waals surface area contributed by atoms with Crippen LogP contribution in [0.25, 0.3) is 10.2 Å². The van der Waals surface area contributed by atoms with E-state index < -0.39 is 4.92 Å². The van der Waals surface area contributed by atoms with Gasteiger partial charge in [-0.05, 0) is 37.3 Å². The monoisotopic (exact) mass is 427 g/mol. The Morgan fingerprint density at radius 3 is 2.76 bits per heavy atom. The second-order valence-corrected chi connectivity index (χ2v) is 8.64. The van der Waals surface area contributed by atoms with E-state index in [2.05, 4.69) is 42.8 Å². The molecule has 3 aromatic rings. The first-order valence-electron chi connectivity index (χ1n) is 9.13. The molecule has 0 atom stereocenters. The van der Waals surface area contributed by atoms with Crippen molar-refractivity contribution in [1.82, 2.24) is 4.57 Å². The molecular weight excluding hydrogens is 406 g/mol. The fourth-order valence-corrected chi connectivity index (χ4v) is 4.66. The first-order chi connectivity index (χ1) is 14.0. The standard InChI is InChI=1S/C21H21N3O3S2/c1-3-12-23-18-14-16(24(26)27)8-11-19(18)29-21(23)22-20(25)5-4-13-28-17-9-6-15(2)7-10-17/h3,6-11,14H,1,4-5,12-13H2,2H3. The van der Waals surface area contributed by atoms with Gasteiger partial charge in [-0.2, -0.15) is 4.99 Å². The summed E-state index contributed by atoms with van der Waals surface area (Å²) in [4.78, 5) is 29.0. The lowest BCUT2D eigenvalue weighted by Gasteiger charge is -2.02. The van der Waals surface area contributed by atoms with Crippen LogP contribution in [0.1, 0.15) is 18.4 Å². The summed E-state index contributed by atoms with van der Waals surface area (Å²) in [6, 6.07) is 13.0. The van der Waals surface area contributed by atoms with Gasteiger partial charge in [0.2, 0.25) is 5.91 Å². The fraction of sp³-hybridized carbons (Fsp3) is 0.238. The number of amides is 1. The number of nitro benzene ring substituents is 1. The lowest BCUT2D eigenvalue weighted by atomic mass is 10.2. The van der Waals surface area contributed by atoms with Gasteiger partial charge >= 0.3 is 0 Å². The molecule has 0 aliphatic carbocycles. The Bertz CT molecular complexity index is 1110. The summed E-state index contributed by atoms with van der Waals surface area (Å²) in [7, 11) is 0. The minimum atomic E-state index is -0.428. The number of hydrogen-bond donors (Lipinski definition) is 0. The summed E-state index contributed by atoms with van der Waals surface area (Å²) in [6.07, 6.45) is 2.78. The molecule has 2 aromatic carbocycles. The number of hydrogen-bond acceptors (Lipinski definition) is 5. The molecule has 29 heavy (non-hydrogen) atoms. The highest BCUT2D eigenvalue weighted by atomic mass is 32.2. The number of fused-ring (bicyclic) bond motifs is 1. The van der Waals surface area contributed by atoms with Crippen LogP contribution in [0.15, 0.2) is 65.0 Å². The van der Waals surface area contributed by atoms with Crippen molar-refractivity contribution >= 4 is 44.9 Å². The molecule has 0 aliphatic heterocycles. The van der Waals surface area contributed by atoms with Crippen molar-refractivity contribution in [2.45, 2.75) is 31.2 Å². The van der Waals surface area contributed by atoms with Gasteiger partial charge in [0.1, 0.15) is 0 Å². The van der Waals surface area contributed by atoms with Crippen molar-refractivity contribution in [1.29, 1.82) is 0 Å². The van der Waals surface area contributed by atoms with Gasteiger partial charge in [0.15, 0.2) is 4.80 Å². The number of aromatic nitrogens is 1. The van der Waals surface area contributed by atoms with E-state index in [1.165, 1.54) is 33.9 Å². The van der Waals surface area contributed by atoms with E-state index in [0.717, 1.165) is 16.9 Å². The van der Waals surface area contributed by atoms with Gasteiger partial charge in [-0.3, -0.25) is 14.9 Å². The van der Waals surface area contributed by atoms with Crippen molar-refractivity contribution in [3.05, 3.63) is 75.6 Å². The summed E-state index contributed by atoms with van der Waals surface area (Å²) < 4.78 is 2.64. The molecule has 0 unspecified atom stereocenters. The third-order valence-electron chi connectivity index (χ3n) is 4.23. The topological polar surface area (TPSA) is 77.5 Å². The number of carbonyl (C=O) groups excluding carboxylic acids is 1. The lowest BCUT2D eigenvalue weighted by Crippen LogP contribution is -2.16. The minimum absolute atomic E-state index is 0.0131. The Hall–Kier alpha value is -2.71.